The Morgan fingerprint density at radius 3 is 2.44 bits per heavy atom. The molecule has 2 heterocycles. The van der Waals surface area contributed by atoms with Crippen LogP contribution in [0.3, 0.4) is 0 Å². The van der Waals surface area contributed by atoms with Gasteiger partial charge in [0, 0.05) is 17.5 Å². The van der Waals surface area contributed by atoms with Crippen molar-refractivity contribution in [2.24, 2.45) is 0 Å². The largest absolute Gasteiger partial charge is 0.573 e. The first-order valence-electron chi connectivity index (χ1n) is 8.13. The third-order valence-corrected chi connectivity index (χ3v) is 4.61. The Bertz CT molecular complexity index is 912. The molecule has 0 atom stereocenters. The molecule has 1 aliphatic rings. The highest BCUT2D eigenvalue weighted by Crippen LogP contribution is 2.40. The van der Waals surface area contributed by atoms with Gasteiger partial charge >= 0.3 is 6.36 Å². The molecule has 0 unspecified atom stereocenters. The molecule has 3 aromatic rings. The van der Waals surface area contributed by atoms with Crippen molar-refractivity contribution in [2.75, 3.05) is 0 Å². The van der Waals surface area contributed by atoms with E-state index in [-0.39, 0.29) is 5.75 Å². The normalized spacial score (nSPS) is 15.4. The Hall–Kier alpha value is -2.57. The minimum Gasteiger partial charge on any atom is -0.406 e. The minimum atomic E-state index is -4.70. The van der Waals surface area contributed by atoms with Crippen LogP contribution in [0.15, 0.2) is 36.5 Å². The third kappa shape index (κ3) is 2.94. The lowest BCUT2D eigenvalue weighted by Crippen LogP contribution is -2.17. The molecule has 1 aliphatic carbocycles. The van der Waals surface area contributed by atoms with Crippen LogP contribution in [0.4, 0.5) is 13.2 Å². The number of rotatable bonds is 3. The second-order valence-corrected chi connectivity index (χ2v) is 6.29. The zero-order valence-corrected chi connectivity index (χ0v) is 13.5. The Morgan fingerprint density at radius 2 is 1.84 bits per heavy atom. The molecule has 0 saturated heterocycles. The van der Waals surface area contributed by atoms with Crippen LogP contribution < -0.4 is 4.74 Å². The molecule has 0 spiro atoms. The van der Waals surface area contributed by atoms with Crippen LogP contribution in [-0.4, -0.2) is 21.1 Å². The molecule has 0 bridgehead atoms. The maximum atomic E-state index is 12.3. The fourth-order valence-corrected chi connectivity index (χ4v) is 3.16. The number of hydrogen-bond donors (Lipinski definition) is 0. The van der Waals surface area contributed by atoms with E-state index in [2.05, 4.69) is 9.72 Å². The number of aromatic nitrogens is 3. The molecule has 2 aromatic heterocycles. The second-order valence-electron chi connectivity index (χ2n) is 6.29. The van der Waals surface area contributed by atoms with E-state index >= 15 is 0 Å². The predicted octanol–water partition coefficient (Wildman–Crippen LogP) is 4.90. The number of pyridine rings is 1. The molecule has 0 radical (unpaired) electrons. The van der Waals surface area contributed by atoms with Gasteiger partial charge in [-0.15, -0.1) is 13.2 Å². The summed E-state index contributed by atoms with van der Waals surface area (Å²) in [4.78, 5) is 4.45. The van der Waals surface area contributed by atoms with Gasteiger partial charge in [-0.2, -0.15) is 5.10 Å². The average molecular weight is 347 g/mol. The first-order valence-corrected chi connectivity index (χ1v) is 8.13. The number of nitrogens with zero attached hydrogens (tertiary/aromatic N) is 3. The first-order chi connectivity index (χ1) is 11.9. The Kier molecular flexibility index (Phi) is 3.67. The molecule has 0 N–H and O–H groups in total. The van der Waals surface area contributed by atoms with Gasteiger partial charge < -0.3 is 4.74 Å². The zero-order valence-electron chi connectivity index (χ0n) is 13.5. The van der Waals surface area contributed by atoms with Crippen LogP contribution in [0, 0.1) is 6.92 Å². The van der Waals surface area contributed by atoms with E-state index in [0.29, 0.717) is 11.6 Å². The fraction of sp³-hybridized carbons (Fsp3) is 0.333. The van der Waals surface area contributed by atoms with Crippen LogP contribution in [-0.2, 0) is 0 Å². The summed E-state index contributed by atoms with van der Waals surface area (Å²) >= 11 is 0. The van der Waals surface area contributed by atoms with Crippen molar-refractivity contribution in [2.45, 2.75) is 38.5 Å². The molecule has 1 aromatic carbocycles. The van der Waals surface area contributed by atoms with Gasteiger partial charge in [0.05, 0.1) is 11.4 Å². The lowest BCUT2D eigenvalue weighted by atomic mass is 9.81. The summed E-state index contributed by atoms with van der Waals surface area (Å²) in [5.41, 5.74) is 3.52. The van der Waals surface area contributed by atoms with Crippen molar-refractivity contribution >= 4 is 11.0 Å². The maximum absolute atomic E-state index is 12.3. The molecule has 0 aliphatic heterocycles. The third-order valence-electron chi connectivity index (χ3n) is 4.61. The highest BCUT2D eigenvalue weighted by molar-refractivity contribution is 5.84. The van der Waals surface area contributed by atoms with E-state index in [0.717, 1.165) is 35.1 Å². The molecule has 130 valence electrons. The first kappa shape index (κ1) is 15.9. The molecule has 0 amide bonds. The summed E-state index contributed by atoms with van der Waals surface area (Å²) in [6, 6.07) is 7.64. The molecule has 4 nitrogen and oxygen atoms in total. The summed E-state index contributed by atoms with van der Waals surface area (Å²) in [6.07, 6.45) is 0.441. The zero-order chi connectivity index (χ0) is 17.6. The minimum absolute atomic E-state index is 0.254. The van der Waals surface area contributed by atoms with Crippen LogP contribution >= 0.6 is 0 Å². The van der Waals surface area contributed by atoms with Crippen molar-refractivity contribution in [3.8, 4) is 11.4 Å². The number of ether oxygens (including phenoxy) is 1. The Morgan fingerprint density at radius 1 is 1.12 bits per heavy atom. The van der Waals surface area contributed by atoms with Crippen LogP contribution in [0.5, 0.6) is 5.75 Å². The van der Waals surface area contributed by atoms with Crippen molar-refractivity contribution in [3.63, 3.8) is 0 Å². The van der Waals surface area contributed by atoms with Crippen molar-refractivity contribution in [3.05, 3.63) is 47.8 Å². The summed E-state index contributed by atoms with van der Waals surface area (Å²) in [7, 11) is 0. The number of hydrogen-bond acceptors (Lipinski definition) is 3. The smallest absolute Gasteiger partial charge is 0.406 e. The van der Waals surface area contributed by atoms with E-state index in [9.17, 15) is 13.2 Å². The highest BCUT2D eigenvalue weighted by Gasteiger charge is 2.31. The van der Waals surface area contributed by atoms with E-state index in [1.165, 1.54) is 18.6 Å². The summed E-state index contributed by atoms with van der Waals surface area (Å²) < 4.78 is 42.5. The number of aryl methyl sites for hydroxylation is 1. The van der Waals surface area contributed by atoms with Gasteiger partial charge in [0.1, 0.15) is 5.75 Å². The van der Waals surface area contributed by atoms with E-state index in [1.807, 2.05) is 13.0 Å². The van der Waals surface area contributed by atoms with Gasteiger partial charge in [-0.3, -0.25) is 0 Å². The maximum Gasteiger partial charge on any atom is 0.573 e. The summed E-state index contributed by atoms with van der Waals surface area (Å²) in [6.45, 7) is 2.03. The van der Waals surface area contributed by atoms with Crippen molar-refractivity contribution in [1.82, 2.24) is 14.8 Å². The van der Waals surface area contributed by atoms with Gasteiger partial charge in [-0.1, -0.05) is 6.42 Å². The predicted molar refractivity (Wildman–Crippen MR) is 86.9 cm³/mol. The van der Waals surface area contributed by atoms with Gasteiger partial charge in [0.2, 0.25) is 0 Å². The standard InChI is InChI=1S/C18H16F3N3O/c1-11-9-10-22-17-15(11)16(12-3-2-4-12)23-24(17)13-5-7-14(8-6-13)25-18(19,20)21/h5-10,12H,2-4H2,1H3. The van der Waals surface area contributed by atoms with E-state index in [4.69, 9.17) is 5.10 Å². The van der Waals surface area contributed by atoms with Gasteiger partial charge in [0.15, 0.2) is 5.65 Å². The van der Waals surface area contributed by atoms with Gasteiger partial charge in [-0.25, -0.2) is 9.67 Å². The average Bonchev–Trinajstić information content (AvgIpc) is 2.85. The van der Waals surface area contributed by atoms with Gasteiger partial charge in [0.25, 0.3) is 0 Å². The second kappa shape index (κ2) is 5.75. The van der Waals surface area contributed by atoms with Crippen LogP contribution in [0.2, 0.25) is 0 Å². The highest BCUT2D eigenvalue weighted by atomic mass is 19.4. The van der Waals surface area contributed by atoms with E-state index in [1.54, 1.807) is 23.0 Å². The topological polar surface area (TPSA) is 39.9 Å². The quantitative estimate of drug-likeness (QED) is 0.677. The number of alkyl halides is 3. The molecule has 7 heteroatoms. The number of fused-ring (bicyclic) bond motifs is 1. The fourth-order valence-electron chi connectivity index (χ4n) is 3.16. The Labute approximate surface area is 142 Å². The van der Waals surface area contributed by atoms with Crippen LogP contribution in [0.1, 0.15) is 36.4 Å². The molecular weight excluding hydrogens is 331 g/mol. The van der Waals surface area contributed by atoms with Crippen LogP contribution in [0.25, 0.3) is 16.7 Å². The molecular formula is C18H16F3N3O. The molecule has 1 saturated carbocycles. The molecule has 25 heavy (non-hydrogen) atoms. The SMILES string of the molecule is Cc1ccnc2c1c(C1CCC1)nn2-c1ccc(OC(F)(F)F)cc1. The van der Waals surface area contributed by atoms with E-state index < -0.39 is 6.36 Å². The molecule has 1 fully saturated rings. The van der Waals surface area contributed by atoms with Gasteiger partial charge in [-0.05, 0) is 55.7 Å². The summed E-state index contributed by atoms with van der Waals surface area (Å²) in [5.74, 6) is 0.176. The van der Waals surface area contributed by atoms with Crippen molar-refractivity contribution < 1.29 is 17.9 Å². The summed E-state index contributed by atoms with van der Waals surface area (Å²) in [5, 5.41) is 5.78. The lowest BCUT2D eigenvalue weighted by molar-refractivity contribution is -0.274. The monoisotopic (exact) mass is 347 g/mol. The Balaban J connectivity index is 1.77. The molecule has 4 rings (SSSR count). The number of halogens is 3. The van der Waals surface area contributed by atoms with Crippen molar-refractivity contribution in [1.29, 1.82) is 0 Å². The lowest BCUT2D eigenvalue weighted by Gasteiger charge is -2.23. The number of benzene rings is 1.